The van der Waals surface area contributed by atoms with Gasteiger partial charge < -0.3 is 13.7 Å². The van der Waals surface area contributed by atoms with Gasteiger partial charge >= 0.3 is 51.4 Å². The van der Waals surface area contributed by atoms with E-state index in [1.807, 2.05) is 22.0 Å². The minimum absolute atomic E-state index is 0. The molecule has 1 unspecified atom stereocenters. The van der Waals surface area contributed by atoms with E-state index in [0.29, 0.717) is 6.83 Å². The fourth-order valence-corrected chi connectivity index (χ4v) is 0. The molecule has 0 aliphatic carbocycles. The van der Waals surface area contributed by atoms with E-state index >= 15 is 0 Å². The van der Waals surface area contributed by atoms with Crippen molar-refractivity contribution in [2.45, 2.75) is 0 Å². The van der Waals surface area contributed by atoms with Crippen LogP contribution in [0.5, 0.6) is 0 Å². The van der Waals surface area contributed by atoms with Gasteiger partial charge in [-0.25, -0.2) is 0 Å². The van der Waals surface area contributed by atoms with Crippen molar-refractivity contribution < 1.29 is 55.6 Å². The van der Waals surface area contributed by atoms with Crippen LogP contribution in [0.1, 0.15) is 0 Å². The van der Waals surface area contributed by atoms with Gasteiger partial charge in [0.05, 0.1) is 1.28 Å². The third-order valence-corrected chi connectivity index (χ3v) is 0. The molecule has 5 heavy (non-hydrogen) atoms. The summed E-state index contributed by atoms with van der Waals surface area (Å²) in [6, 6.07) is 0. The molecule has 0 rings (SSSR count). The second-order valence-corrected chi connectivity index (χ2v) is 0. The van der Waals surface area contributed by atoms with E-state index in [1.165, 1.54) is 9.55 Å². The van der Waals surface area contributed by atoms with Gasteiger partial charge in [0, 0.05) is 0 Å². The fraction of sp³-hybridized carbons (Fsp3) is 0. The molecule has 0 N–H and O–H groups in total. The van der Waals surface area contributed by atoms with Crippen LogP contribution in [0.25, 0.3) is 0 Å². The summed E-state index contributed by atoms with van der Waals surface area (Å²) in [7, 11) is 1.47. The molecular formula is H3FIKP2. The summed E-state index contributed by atoms with van der Waals surface area (Å²) in [5.41, 5.74) is 0. The SMILES string of the molecule is F[PH-].[3H]PI.[K+]. The van der Waals surface area contributed by atoms with Crippen LogP contribution in [0.4, 0.5) is 4.20 Å². The Morgan fingerprint density at radius 2 is 2.00 bits per heavy atom. The normalized spacial score (nSPS) is 7.40. The van der Waals surface area contributed by atoms with Crippen molar-refractivity contribution in [3.8, 4) is 0 Å². The van der Waals surface area contributed by atoms with Crippen molar-refractivity contribution in [2.24, 2.45) is 0 Å². The minimum atomic E-state index is 0. The van der Waals surface area contributed by atoms with Crippen molar-refractivity contribution >= 4 is 38.4 Å². The van der Waals surface area contributed by atoms with E-state index in [0.717, 1.165) is 0 Å². The largest absolute Gasteiger partial charge is 1.00 e. The molecule has 0 radical (unpaired) electrons. The van der Waals surface area contributed by atoms with Gasteiger partial charge in [-0.15, -0.1) is 0 Å². The standard InChI is InChI=1S/FHP.H2IP.K/c2*1-2;/h2H;2H2;/q-1;;+1/i;2T;. The van der Waals surface area contributed by atoms with Crippen molar-refractivity contribution in [2.75, 3.05) is 0 Å². The summed E-state index contributed by atoms with van der Waals surface area (Å²) in [6.07, 6.45) is 0. The molecule has 0 saturated heterocycles. The number of rotatable bonds is 0. The van der Waals surface area contributed by atoms with E-state index in [-0.39, 0.29) is 51.4 Å². The second-order valence-electron chi connectivity index (χ2n) is 0. The molecule has 0 saturated carbocycles. The summed E-state index contributed by atoms with van der Waals surface area (Å²) in [5, 5.41) is 0. The van der Waals surface area contributed by atoms with E-state index in [9.17, 15) is 4.20 Å². The van der Waals surface area contributed by atoms with Crippen LogP contribution in [0.15, 0.2) is 0 Å². The summed E-state index contributed by atoms with van der Waals surface area (Å²) in [4.78, 5) is 0. The molecule has 5 heteroatoms. The Morgan fingerprint density at radius 3 is 2.00 bits per heavy atom. The molecule has 28 valence electrons. The predicted molar refractivity (Wildman–Crippen MR) is 33.2 cm³/mol. The van der Waals surface area contributed by atoms with Crippen molar-refractivity contribution in [1.29, 1.82) is 1.28 Å². The van der Waals surface area contributed by atoms with Gasteiger partial charge in [-0.1, -0.05) is 28.9 Å². The molecule has 0 heterocycles. The number of hydrogen-bond acceptors (Lipinski definition) is 0. The second kappa shape index (κ2) is 27.2. The predicted octanol–water partition coefficient (Wildman–Crippen LogP) is -0.771. The zero-order valence-electron chi connectivity index (χ0n) is 3.76. The molecule has 1 atom stereocenters. The molecule has 0 spiro atoms. The van der Waals surface area contributed by atoms with Crippen LogP contribution >= 0.6 is 38.4 Å². The van der Waals surface area contributed by atoms with Gasteiger partial charge in [0.25, 0.3) is 0 Å². The topological polar surface area (TPSA) is 0 Å². The van der Waals surface area contributed by atoms with Crippen molar-refractivity contribution in [3.63, 3.8) is 0 Å². The van der Waals surface area contributed by atoms with Gasteiger partial charge in [-0.3, -0.25) is 0 Å². The molecule has 0 aromatic rings. The molecule has 0 aromatic heterocycles. The average Bonchev–Trinajstić information content (AvgIpc) is 1.46. The Balaban J connectivity index is -0.0000000275. The van der Waals surface area contributed by atoms with Gasteiger partial charge in [0.1, 0.15) is 0 Å². The molecule has 0 amide bonds. The summed E-state index contributed by atoms with van der Waals surface area (Å²) < 4.78 is 15.5. The maximum Gasteiger partial charge on any atom is 1.00 e. The Bertz CT molecular complexity index is 13.5. The Kier molecular flexibility index (Phi) is 60.0. The van der Waals surface area contributed by atoms with E-state index < -0.39 is 0 Å². The van der Waals surface area contributed by atoms with Crippen molar-refractivity contribution in [1.82, 2.24) is 0 Å². The van der Waals surface area contributed by atoms with Crippen LogP contribution in [0.3, 0.4) is 0 Å². The zero-order chi connectivity index (χ0) is 4.71. The molecule has 0 aliphatic heterocycles. The zero-order valence-corrected chi connectivity index (χ0v) is 10.0. The first-order valence-corrected chi connectivity index (χ1v) is 4.37. The van der Waals surface area contributed by atoms with E-state index in [1.54, 1.807) is 0 Å². The molecule has 0 bridgehead atoms. The van der Waals surface area contributed by atoms with E-state index in [4.69, 9.17) is 1.28 Å². The Labute approximate surface area is 93.1 Å². The van der Waals surface area contributed by atoms with Crippen LogP contribution in [-0.4, -0.2) is 1.28 Å². The Hall–Kier alpha value is 3.16. The van der Waals surface area contributed by atoms with Gasteiger partial charge in [-0.05, 0) is 0 Å². The van der Waals surface area contributed by atoms with Crippen LogP contribution in [-0.2, 0) is 0 Å². The van der Waals surface area contributed by atoms with Crippen molar-refractivity contribution in [3.05, 3.63) is 0 Å². The Morgan fingerprint density at radius 1 is 2.00 bits per heavy atom. The molecule has 0 fully saturated rings. The molecule has 0 aromatic carbocycles. The van der Waals surface area contributed by atoms with Crippen LogP contribution in [0.2, 0.25) is 0 Å². The number of hydrogen-bond donors (Lipinski definition) is 0. The van der Waals surface area contributed by atoms with Gasteiger partial charge in [0.2, 0.25) is 0 Å². The summed E-state index contributed by atoms with van der Waals surface area (Å²) >= 11 is 1.98. The average molecular weight is 252 g/mol. The van der Waals surface area contributed by atoms with Crippen LogP contribution in [0, 0.1) is 0 Å². The summed E-state index contributed by atoms with van der Waals surface area (Å²) in [5.74, 6) is 0. The van der Waals surface area contributed by atoms with Gasteiger partial charge in [-0.2, -0.15) is 0 Å². The first kappa shape index (κ1) is 11.0. The quantitative estimate of drug-likeness (QED) is 0.302. The molecule has 0 nitrogen and oxygen atoms in total. The van der Waals surface area contributed by atoms with Gasteiger partial charge in [0.15, 0.2) is 0 Å². The first-order valence-electron chi connectivity index (χ1n) is 0.878. The minimum Gasteiger partial charge on any atom is -0.471 e. The molecular weight excluding hydrogens is 247 g/mol. The first-order chi connectivity index (χ1) is 2.41. The molecule has 0 aliphatic rings. The fourth-order valence-electron chi connectivity index (χ4n) is 0. The maximum atomic E-state index is 9.31. The van der Waals surface area contributed by atoms with Crippen LogP contribution < -0.4 is 51.4 Å². The summed E-state index contributed by atoms with van der Waals surface area (Å²) in [6.45, 7) is 0.303. The smallest absolute Gasteiger partial charge is 0.471 e. The third kappa shape index (κ3) is 19.1. The monoisotopic (exact) mass is 252 g/mol. The maximum absolute atomic E-state index is 9.31. The third-order valence-electron chi connectivity index (χ3n) is 0. The number of halogens is 2. The van der Waals surface area contributed by atoms with E-state index in [2.05, 4.69) is 0 Å².